The second-order valence-corrected chi connectivity index (χ2v) is 9.45. The van der Waals surface area contributed by atoms with Crippen LogP contribution in [0.2, 0.25) is 0 Å². The third-order valence-electron chi connectivity index (χ3n) is 4.89. The van der Waals surface area contributed by atoms with Gasteiger partial charge in [-0.25, -0.2) is 8.42 Å². The van der Waals surface area contributed by atoms with Gasteiger partial charge < -0.3 is 10.1 Å². The Bertz CT molecular complexity index is 1280. The summed E-state index contributed by atoms with van der Waals surface area (Å²) in [6, 6.07) is 13.0. The minimum Gasteiger partial charge on any atom is -0.484 e. The van der Waals surface area contributed by atoms with Crippen LogP contribution >= 0.6 is 0 Å². The van der Waals surface area contributed by atoms with Crippen molar-refractivity contribution in [3.05, 3.63) is 82.9 Å². The van der Waals surface area contributed by atoms with E-state index in [-0.39, 0.29) is 28.8 Å². The number of anilines is 2. The zero-order valence-corrected chi connectivity index (χ0v) is 19.5. The molecule has 10 heteroatoms. The smallest absolute Gasteiger partial charge is 0.416 e. The number of ether oxygens (including phenoxy) is 1. The van der Waals surface area contributed by atoms with Crippen molar-refractivity contribution < 1.29 is 31.1 Å². The molecule has 0 heterocycles. The molecular weight excluding hydrogens is 469 g/mol. The lowest BCUT2D eigenvalue weighted by atomic mass is 10.1. The highest BCUT2D eigenvalue weighted by molar-refractivity contribution is 7.92. The van der Waals surface area contributed by atoms with Crippen molar-refractivity contribution in [1.82, 2.24) is 0 Å². The summed E-state index contributed by atoms with van der Waals surface area (Å²) in [5.41, 5.74) is 2.46. The van der Waals surface area contributed by atoms with Gasteiger partial charge in [0.15, 0.2) is 6.61 Å². The van der Waals surface area contributed by atoms with Gasteiger partial charge in [0.2, 0.25) is 0 Å². The highest BCUT2D eigenvalue weighted by atomic mass is 32.2. The Labute approximate surface area is 195 Å². The fourth-order valence-corrected chi connectivity index (χ4v) is 4.44. The summed E-state index contributed by atoms with van der Waals surface area (Å²) in [5, 5.41) is 2.80. The Hall–Kier alpha value is -3.53. The van der Waals surface area contributed by atoms with Crippen LogP contribution in [0.1, 0.15) is 22.3 Å². The molecule has 0 spiro atoms. The Kier molecular flexibility index (Phi) is 7.21. The van der Waals surface area contributed by atoms with Crippen molar-refractivity contribution in [2.45, 2.75) is 31.8 Å². The maximum atomic E-state index is 12.9. The largest absolute Gasteiger partial charge is 0.484 e. The predicted octanol–water partition coefficient (Wildman–Crippen LogP) is 5.45. The highest BCUT2D eigenvalue weighted by Crippen LogP contribution is 2.31. The number of alkyl halides is 3. The molecule has 6 nitrogen and oxygen atoms in total. The minimum atomic E-state index is -4.59. The molecule has 0 radical (unpaired) electrons. The van der Waals surface area contributed by atoms with E-state index in [0.29, 0.717) is 11.8 Å². The molecule has 0 bridgehead atoms. The first-order chi connectivity index (χ1) is 15.8. The molecule has 0 aliphatic heterocycles. The predicted molar refractivity (Wildman–Crippen MR) is 123 cm³/mol. The lowest BCUT2D eigenvalue weighted by Gasteiger charge is -2.14. The van der Waals surface area contributed by atoms with Crippen molar-refractivity contribution >= 4 is 27.3 Å². The van der Waals surface area contributed by atoms with Gasteiger partial charge in [-0.1, -0.05) is 23.8 Å². The average Bonchev–Trinajstić information content (AvgIpc) is 2.74. The zero-order chi connectivity index (χ0) is 25.1. The average molecular weight is 493 g/mol. The van der Waals surface area contributed by atoms with E-state index in [4.69, 9.17) is 4.74 Å². The molecule has 0 aliphatic carbocycles. The summed E-state index contributed by atoms with van der Waals surface area (Å²) >= 11 is 0. The number of sulfonamides is 1. The van der Waals surface area contributed by atoms with E-state index >= 15 is 0 Å². The highest BCUT2D eigenvalue weighted by Gasteiger charge is 2.30. The summed E-state index contributed by atoms with van der Waals surface area (Å²) in [4.78, 5) is 12.1. The van der Waals surface area contributed by atoms with Crippen LogP contribution in [0, 0.1) is 20.8 Å². The van der Waals surface area contributed by atoms with Crippen LogP contribution in [0.5, 0.6) is 5.75 Å². The number of hydrogen-bond acceptors (Lipinski definition) is 4. The number of rotatable bonds is 7. The number of carbonyl (C=O) groups excluding carboxylic acids is 1. The second kappa shape index (κ2) is 9.76. The number of benzene rings is 3. The molecule has 0 unspecified atom stereocenters. The van der Waals surface area contributed by atoms with Gasteiger partial charge in [-0.05, 0) is 74.4 Å². The summed E-state index contributed by atoms with van der Waals surface area (Å²) in [7, 11) is -4.13. The number of carbonyl (C=O) groups is 1. The molecule has 3 rings (SSSR count). The molecule has 3 aromatic carbocycles. The SMILES string of the molecule is Cc1cc(C)c(NC(=O)COc2ccc(S(=O)(=O)Nc3cccc(C(F)(F)F)c3)cc2)c(C)c1. The van der Waals surface area contributed by atoms with Gasteiger partial charge >= 0.3 is 6.18 Å². The van der Waals surface area contributed by atoms with E-state index in [9.17, 15) is 26.4 Å². The molecule has 0 aliphatic rings. The number of halogens is 3. The number of hydrogen-bond donors (Lipinski definition) is 2. The number of amides is 1. The van der Waals surface area contributed by atoms with E-state index in [2.05, 4.69) is 10.0 Å². The van der Waals surface area contributed by atoms with Crippen molar-refractivity contribution in [3.8, 4) is 5.75 Å². The molecule has 1 amide bonds. The van der Waals surface area contributed by atoms with Gasteiger partial charge in [-0.3, -0.25) is 9.52 Å². The van der Waals surface area contributed by atoms with Crippen LogP contribution in [-0.2, 0) is 21.0 Å². The summed E-state index contributed by atoms with van der Waals surface area (Å²) in [6.07, 6.45) is -4.59. The van der Waals surface area contributed by atoms with Gasteiger partial charge in [0.1, 0.15) is 5.75 Å². The van der Waals surface area contributed by atoms with Crippen molar-refractivity contribution in [2.24, 2.45) is 0 Å². The quantitative estimate of drug-likeness (QED) is 0.460. The molecule has 0 aromatic heterocycles. The molecule has 0 fully saturated rings. The topological polar surface area (TPSA) is 84.5 Å². The van der Waals surface area contributed by atoms with Crippen LogP contribution in [0.4, 0.5) is 24.5 Å². The molecule has 34 heavy (non-hydrogen) atoms. The minimum absolute atomic E-state index is 0.174. The molecule has 0 saturated carbocycles. The standard InChI is InChI=1S/C24H23F3N2O4S/c1-15-11-16(2)23(17(3)12-15)28-22(30)14-33-20-7-9-21(10-8-20)34(31,32)29-19-6-4-5-18(13-19)24(25,26)27/h4-13,29H,14H2,1-3H3,(H,28,30). The normalized spacial score (nSPS) is 11.7. The molecular formula is C24H23F3N2O4S. The van der Waals surface area contributed by atoms with Gasteiger partial charge in [0, 0.05) is 11.4 Å². The number of nitrogens with one attached hydrogen (secondary N) is 2. The van der Waals surface area contributed by atoms with E-state index in [0.717, 1.165) is 28.8 Å². The van der Waals surface area contributed by atoms with Gasteiger partial charge in [-0.2, -0.15) is 13.2 Å². The summed E-state index contributed by atoms with van der Waals surface area (Å²) in [5.74, 6) is -0.122. The fraction of sp³-hybridized carbons (Fsp3) is 0.208. The monoisotopic (exact) mass is 492 g/mol. The third kappa shape index (κ3) is 6.28. The Morgan fingerprint density at radius 2 is 1.56 bits per heavy atom. The maximum absolute atomic E-state index is 12.9. The second-order valence-electron chi connectivity index (χ2n) is 7.77. The van der Waals surface area contributed by atoms with E-state index in [1.807, 2.05) is 32.9 Å². The van der Waals surface area contributed by atoms with Crippen LogP contribution < -0.4 is 14.8 Å². The van der Waals surface area contributed by atoms with Crippen LogP contribution in [0.15, 0.2) is 65.6 Å². The van der Waals surface area contributed by atoms with E-state index in [1.54, 1.807) is 0 Å². The third-order valence-corrected chi connectivity index (χ3v) is 6.28. The Morgan fingerprint density at radius 3 is 2.15 bits per heavy atom. The molecule has 0 saturated heterocycles. The maximum Gasteiger partial charge on any atom is 0.416 e. The van der Waals surface area contributed by atoms with E-state index < -0.39 is 21.8 Å². The van der Waals surface area contributed by atoms with Gasteiger partial charge in [-0.15, -0.1) is 0 Å². The summed E-state index contributed by atoms with van der Waals surface area (Å²) < 4.78 is 71.2. The fourth-order valence-electron chi connectivity index (χ4n) is 3.39. The first-order valence-electron chi connectivity index (χ1n) is 10.2. The van der Waals surface area contributed by atoms with Gasteiger partial charge in [0.25, 0.3) is 15.9 Å². The van der Waals surface area contributed by atoms with E-state index in [1.165, 1.54) is 30.3 Å². The Balaban J connectivity index is 1.63. The first-order valence-corrected chi connectivity index (χ1v) is 11.6. The van der Waals surface area contributed by atoms with Crippen LogP contribution in [0.3, 0.4) is 0 Å². The Morgan fingerprint density at radius 1 is 0.941 bits per heavy atom. The molecule has 0 atom stereocenters. The van der Waals surface area contributed by atoms with Crippen molar-refractivity contribution in [2.75, 3.05) is 16.6 Å². The van der Waals surface area contributed by atoms with Crippen molar-refractivity contribution in [3.63, 3.8) is 0 Å². The zero-order valence-electron chi connectivity index (χ0n) is 18.7. The molecule has 2 N–H and O–H groups in total. The lowest BCUT2D eigenvalue weighted by Crippen LogP contribution is -2.21. The van der Waals surface area contributed by atoms with Crippen molar-refractivity contribution in [1.29, 1.82) is 0 Å². The van der Waals surface area contributed by atoms with Gasteiger partial charge in [0.05, 0.1) is 10.5 Å². The van der Waals surface area contributed by atoms with Crippen LogP contribution in [-0.4, -0.2) is 20.9 Å². The molecule has 3 aromatic rings. The summed E-state index contributed by atoms with van der Waals surface area (Å²) in [6.45, 7) is 5.46. The van der Waals surface area contributed by atoms with Crippen LogP contribution in [0.25, 0.3) is 0 Å². The number of aryl methyl sites for hydroxylation is 3. The molecule has 180 valence electrons. The first kappa shape index (κ1) is 25.1. The lowest BCUT2D eigenvalue weighted by molar-refractivity contribution is -0.137.